The van der Waals surface area contributed by atoms with E-state index in [0.29, 0.717) is 11.7 Å². The number of nitrogens with zero attached hydrogens (tertiary/aromatic N) is 7. The number of carbonyl (C=O) groups is 1. The zero-order valence-electron chi connectivity index (χ0n) is 17.6. The molecular weight excluding hydrogens is 462 g/mol. The van der Waals surface area contributed by atoms with Crippen molar-refractivity contribution >= 4 is 27.7 Å². The van der Waals surface area contributed by atoms with Gasteiger partial charge < -0.3 is 4.90 Å². The van der Waals surface area contributed by atoms with Crippen molar-refractivity contribution in [2.75, 3.05) is 31.9 Å². The number of amides is 1. The summed E-state index contributed by atoms with van der Waals surface area (Å²) < 4.78 is 28.9. The summed E-state index contributed by atoms with van der Waals surface area (Å²) in [4.78, 5) is 14.3. The quantitative estimate of drug-likeness (QED) is 0.459. The van der Waals surface area contributed by atoms with Gasteiger partial charge in [-0.15, -0.1) is 5.10 Å². The molecule has 0 unspecified atom stereocenters. The van der Waals surface area contributed by atoms with Gasteiger partial charge in [-0.2, -0.15) is 9.57 Å². The van der Waals surface area contributed by atoms with Crippen LogP contribution in [0.2, 0.25) is 0 Å². The first-order valence-corrected chi connectivity index (χ1v) is 12.6. The largest absolute Gasteiger partial charge is 0.339 e. The van der Waals surface area contributed by atoms with Crippen molar-refractivity contribution in [3.05, 3.63) is 65.7 Å². The summed E-state index contributed by atoms with van der Waals surface area (Å²) in [6.45, 7) is 1.41. The summed E-state index contributed by atoms with van der Waals surface area (Å²) in [5.41, 5.74) is 1.16. The van der Waals surface area contributed by atoms with Crippen LogP contribution in [0, 0.1) is 11.3 Å². The van der Waals surface area contributed by atoms with E-state index in [0.717, 1.165) is 5.56 Å². The molecule has 0 bridgehead atoms. The molecular formula is C21H21N7O3S2. The summed E-state index contributed by atoms with van der Waals surface area (Å²) >= 11 is 1.25. The van der Waals surface area contributed by atoms with Crippen LogP contribution in [0.1, 0.15) is 11.1 Å². The molecule has 170 valence electrons. The number of aromatic nitrogens is 4. The molecule has 1 aromatic heterocycles. The van der Waals surface area contributed by atoms with Gasteiger partial charge in [0, 0.05) is 26.2 Å². The standard InChI is InChI=1S/C21H21N7O3S2/c22-14-18-8-4-5-9-19(18)33(30,31)27-12-10-26(11-13-27)20(29)16-32-21-23-24-25-28(21)15-17-6-2-1-3-7-17/h1-9H,10-13,15-16H2. The lowest BCUT2D eigenvalue weighted by molar-refractivity contribution is -0.129. The molecule has 0 aliphatic carbocycles. The molecule has 33 heavy (non-hydrogen) atoms. The van der Waals surface area contributed by atoms with Gasteiger partial charge in [0.05, 0.1) is 22.8 Å². The van der Waals surface area contributed by atoms with Crippen LogP contribution < -0.4 is 0 Å². The highest BCUT2D eigenvalue weighted by Crippen LogP contribution is 2.22. The molecule has 1 aliphatic rings. The molecule has 1 saturated heterocycles. The van der Waals surface area contributed by atoms with Gasteiger partial charge in [-0.3, -0.25) is 4.79 Å². The fraction of sp³-hybridized carbons (Fsp3) is 0.286. The van der Waals surface area contributed by atoms with Crippen molar-refractivity contribution < 1.29 is 13.2 Å². The highest BCUT2D eigenvalue weighted by molar-refractivity contribution is 7.99. The second kappa shape index (κ2) is 10.1. The summed E-state index contributed by atoms with van der Waals surface area (Å²) in [5, 5.41) is 21.5. The fourth-order valence-corrected chi connectivity index (χ4v) is 5.82. The van der Waals surface area contributed by atoms with Crippen LogP contribution in [0.3, 0.4) is 0 Å². The predicted molar refractivity (Wildman–Crippen MR) is 121 cm³/mol. The smallest absolute Gasteiger partial charge is 0.244 e. The van der Waals surface area contributed by atoms with Crippen molar-refractivity contribution in [2.45, 2.75) is 16.6 Å². The van der Waals surface area contributed by atoms with Gasteiger partial charge >= 0.3 is 0 Å². The lowest BCUT2D eigenvalue weighted by Crippen LogP contribution is -2.51. The van der Waals surface area contributed by atoms with E-state index in [2.05, 4.69) is 15.5 Å². The topological polar surface area (TPSA) is 125 Å². The molecule has 2 aromatic carbocycles. The van der Waals surface area contributed by atoms with Crippen LogP contribution in [0.25, 0.3) is 0 Å². The molecule has 3 aromatic rings. The van der Waals surface area contributed by atoms with Crippen LogP contribution in [-0.4, -0.2) is 75.7 Å². The van der Waals surface area contributed by atoms with E-state index in [1.807, 2.05) is 36.4 Å². The normalized spacial score (nSPS) is 14.7. The molecule has 0 atom stereocenters. The Morgan fingerprint density at radius 2 is 1.73 bits per heavy atom. The number of hydrogen-bond donors (Lipinski definition) is 0. The van der Waals surface area contributed by atoms with E-state index in [9.17, 15) is 18.5 Å². The zero-order valence-corrected chi connectivity index (χ0v) is 19.2. The lowest BCUT2D eigenvalue weighted by atomic mass is 10.2. The monoisotopic (exact) mass is 483 g/mol. The van der Waals surface area contributed by atoms with Crippen LogP contribution in [0.4, 0.5) is 0 Å². The first kappa shape index (κ1) is 22.9. The van der Waals surface area contributed by atoms with Gasteiger partial charge in [-0.1, -0.05) is 54.2 Å². The van der Waals surface area contributed by atoms with Crippen LogP contribution in [0.5, 0.6) is 0 Å². The molecule has 4 rings (SSSR count). The second-order valence-electron chi connectivity index (χ2n) is 7.29. The van der Waals surface area contributed by atoms with Gasteiger partial charge in [0.15, 0.2) is 0 Å². The molecule has 1 amide bonds. The number of carbonyl (C=O) groups excluding carboxylic acids is 1. The number of hydrogen-bond acceptors (Lipinski definition) is 8. The number of nitriles is 1. The maximum absolute atomic E-state index is 13.0. The minimum atomic E-state index is -3.80. The highest BCUT2D eigenvalue weighted by atomic mass is 32.2. The maximum Gasteiger partial charge on any atom is 0.244 e. The predicted octanol–water partition coefficient (Wildman–Crippen LogP) is 1.22. The lowest BCUT2D eigenvalue weighted by Gasteiger charge is -2.34. The maximum atomic E-state index is 13.0. The van der Waals surface area contributed by atoms with E-state index >= 15 is 0 Å². The Bertz CT molecular complexity index is 1260. The van der Waals surface area contributed by atoms with Gasteiger partial charge in [-0.25, -0.2) is 13.1 Å². The third-order valence-electron chi connectivity index (χ3n) is 5.22. The van der Waals surface area contributed by atoms with E-state index in [4.69, 9.17) is 0 Å². The van der Waals surface area contributed by atoms with Gasteiger partial charge in [-0.05, 0) is 28.1 Å². The highest BCUT2D eigenvalue weighted by Gasteiger charge is 2.31. The van der Waals surface area contributed by atoms with Crippen LogP contribution in [-0.2, 0) is 21.4 Å². The summed E-state index contributed by atoms with van der Waals surface area (Å²) in [7, 11) is -3.80. The second-order valence-corrected chi connectivity index (χ2v) is 10.1. The molecule has 0 N–H and O–H groups in total. The summed E-state index contributed by atoms with van der Waals surface area (Å²) in [6, 6.07) is 17.8. The molecule has 1 fully saturated rings. The fourth-order valence-electron chi connectivity index (χ4n) is 3.47. The Hall–Kier alpha value is -3.27. The third kappa shape index (κ3) is 5.22. The Kier molecular flexibility index (Phi) is 7.02. The number of rotatable bonds is 7. The molecule has 0 spiro atoms. The Morgan fingerprint density at radius 3 is 2.45 bits per heavy atom. The molecule has 2 heterocycles. The van der Waals surface area contributed by atoms with Crippen molar-refractivity contribution in [1.82, 2.24) is 29.4 Å². The average molecular weight is 484 g/mol. The van der Waals surface area contributed by atoms with Crippen molar-refractivity contribution in [2.24, 2.45) is 0 Å². The summed E-state index contributed by atoms with van der Waals surface area (Å²) in [6.07, 6.45) is 0. The molecule has 1 aliphatic heterocycles. The van der Waals surface area contributed by atoms with E-state index in [1.165, 1.54) is 28.2 Å². The molecule has 0 saturated carbocycles. The zero-order chi connectivity index (χ0) is 23.3. The minimum absolute atomic E-state index is 0.00640. The van der Waals surface area contributed by atoms with Gasteiger partial charge in [0.2, 0.25) is 21.1 Å². The average Bonchev–Trinajstić information content (AvgIpc) is 3.30. The number of sulfonamides is 1. The molecule has 12 heteroatoms. The molecule has 0 radical (unpaired) electrons. The molecule has 10 nitrogen and oxygen atoms in total. The number of benzene rings is 2. The first-order valence-electron chi connectivity index (χ1n) is 10.2. The van der Waals surface area contributed by atoms with Gasteiger partial charge in [0.25, 0.3) is 0 Å². The van der Waals surface area contributed by atoms with E-state index in [1.54, 1.807) is 21.7 Å². The summed E-state index contributed by atoms with van der Waals surface area (Å²) in [5.74, 6) is 0.0443. The van der Waals surface area contributed by atoms with Crippen molar-refractivity contribution in [3.63, 3.8) is 0 Å². The number of tetrazole rings is 1. The van der Waals surface area contributed by atoms with Crippen molar-refractivity contribution in [3.8, 4) is 6.07 Å². The van der Waals surface area contributed by atoms with Gasteiger partial charge in [0.1, 0.15) is 6.07 Å². The first-order chi connectivity index (χ1) is 16.0. The van der Waals surface area contributed by atoms with Crippen LogP contribution in [0.15, 0.2) is 64.6 Å². The minimum Gasteiger partial charge on any atom is -0.339 e. The SMILES string of the molecule is N#Cc1ccccc1S(=O)(=O)N1CCN(C(=O)CSc2nnnn2Cc2ccccc2)CC1. The van der Waals surface area contributed by atoms with Crippen LogP contribution >= 0.6 is 11.8 Å². The third-order valence-corrected chi connectivity index (χ3v) is 8.11. The van der Waals surface area contributed by atoms with E-state index < -0.39 is 10.0 Å². The van der Waals surface area contributed by atoms with E-state index in [-0.39, 0.29) is 48.3 Å². The number of piperazine rings is 1. The van der Waals surface area contributed by atoms with Crippen molar-refractivity contribution in [1.29, 1.82) is 5.26 Å². The Morgan fingerprint density at radius 1 is 1.03 bits per heavy atom. The Balaban J connectivity index is 1.33. The number of thioether (sulfide) groups is 1. The Labute approximate surface area is 195 Å².